The third-order valence-electron chi connectivity index (χ3n) is 4.81. The van der Waals surface area contributed by atoms with Crippen LogP contribution in [0.4, 0.5) is 0 Å². The standard InChI is InChI=1S/C21H28N2O5/c1-25-13-9-22-21(24)19-6-5-17(26-2)14-20(19)28-16-7-10-23(11-8-16)15-18-4-3-12-27-18/h3-6,12,14,16H,7-11,13,15H2,1-2H3,(H,22,24). The number of likely N-dealkylation sites (tertiary alicyclic amines) is 1. The predicted octanol–water partition coefficient (Wildman–Crippen LogP) is 2.71. The molecule has 0 unspecified atom stereocenters. The van der Waals surface area contributed by atoms with Crippen LogP contribution in [0.3, 0.4) is 0 Å². The zero-order valence-electron chi connectivity index (χ0n) is 16.5. The van der Waals surface area contributed by atoms with Gasteiger partial charge in [0.25, 0.3) is 5.91 Å². The van der Waals surface area contributed by atoms with Gasteiger partial charge in [-0.15, -0.1) is 0 Å². The molecule has 28 heavy (non-hydrogen) atoms. The third-order valence-corrected chi connectivity index (χ3v) is 4.81. The van der Waals surface area contributed by atoms with Gasteiger partial charge in [-0.25, -0.2) is 0 Å². The Labute approximate surface area is 165 Å². The van der Waals surface area contributed by atoms with Gasteiger partial charge in [-0.2, -0.15) is 0 Å². The van der Waals surface area contributed by atoms with E-state index in [9.17, 15) is 4.79 Å². The highest BCUT2D eigenvalue weighted by Gasteiger charge is 2.23. The second kappa shape index (κ2) is 10.1. The lowest BCUT2D eigenvalue weighted by molar-refractivity contribution is 0.0864. The number of methoxy groups -OCH3 is 2. The van der Waals surface area contributed by atoms with Crippen molar-refractivity contribution in [2.45, 2.75) is 25.5 Å². The van der Waals surface area contributed by atoms with Crippen molar-refractivity contribution in [2.24, 2.45) is 0 Å². The van der Waals surface area contributed by atoms with Crippen LogP contribution in [-0.4, -0.2) is 57.4 Å². The number of amides is 1. The number of rotatable bonds is 9. The van der Waals surface area contributed by atoms with Crippen LogP contribution in [0, 0.1) is 0 Å². The molecule has 0 saturated carbocycles. The van der Waals surface area contributed by atoms with Gasteiger partial charge in [-0.1, -0.05) is 0 Å². The van der Waals surface area contributed by atoms with E-state index in [4.69, 9.17) is 18.6 Å². The lowest BCUT2D eigenvalue weighted by atomic mass is 10.1. The van der Waals surface area contributed by atoms with E-state index in [-0.39, 0.29) is 12.0 Å². The minimum atomic E-state index is -0.176. The molecule has 1 saturated heterocycles. The summed E-state index contributed by atoms with van der Waals surface area (Å²) >= 11 is 0. The molecule has 1 amide bonds. The monoisotopic (exact) mass is 388 g/mol. The SMILES string of the molecule is COCCNC(=O)c1ccc(OC)cc1OC1CCN(Cc2ccco2)CC1. The van der Waals surface area contributed by atoms with Crippen molar-refractivity contribution in [3.05, 3.63) is 47.9 Å². The van der Waals surface area contributed by atoms with E-state index >= 15 is 0 Å². The van der Waals surface area contributed by atoms with Gasteiger partial charge in [0.1, 0.15) is 23.4 Å². The molecule has 3 rings (SSSR count). The van der Waals surface area contributed by atoms with E-state index in [0.29, 0.717) is 30.2 Å². The van der Waals surface area contributed by atoms with E-state index in [0.717, 1.165) is 38.2 Å². The summed E-state index contributed by atoms with van der Waals surface area (Å²) in [4.78, 5) is 14.9. The molecule has 0 spiro atoms. The second-order valence-electron chi connectivity index (χ2n) is 6.78. The van der Waals surface area contributed by atoms with Gasteiger partial charge in [0.2, 0.25) is 0 Å². The molecule has 1 aromatic carbocycles. The number of furan rings is 1. The molecular formula is C21H28N2O5. The molecule has 0 radical (unpaired) electrons. The van der Waals surface area contributed by atoms with Gasteiger partial charge < -0.3 is 23.9 Å². The normalized spacial score (nSPS) is 15.4. The number of nitrogens with one attached hydrogen (secondary N) is 1. The quantitative estimate of drug-likeness (QED) is 0.666. The smallest absolute Gasteiger partial charge is 0.255 e. The molecule has 1 N–H and O–H groups in total. The maximum Gasteiger partial charge on any atom is 0.255 e. The van der Waals surface area contributed by atoms with Crippen LogP contribution >= 0.6 is 0 Å². The van der Waals surface area contributed by atoms with Gasteiger partial charge in [0.05, 0.1) is 32.1 Å². The van der Waals surface area contributed by atoms with E-state index in [1.165, 1.54) is 0 Å². The Balaban J connectivity index is 1.60. The Morgan fingerprint density at radius 1 is 1.25 bits per heavy atom. The minimum absolute atomic E-state index is 0.0606. The third kappa shape index (κ3) is 5.50. The van der Waals surface area contributed by atoms with Gasteiger partial charge >= 0.3 is 0 Å². The minimum Gasteiger partial charge on any atom is -0.497 e. The van der Waals surface area contributed by atoms with Crippen molar-refractivity contribution in [3.63, 3.8) is 0 Å². The number of carbonyl (C=O) groups excluding carboxylic acids is 1. The second-order valence-corrected chi connectivity index (χ2v) is 6.78. The van der Waals surface area contributed by atoms with Crippen molar-refractivity contribution in [1.82, 2.24) is 10.2 Å². The van der Waals surface area contributed by atoms with E-state index < -0.39 is 0 Å². The maximum atomic E-state index is 12.5. The summed E-state index contributed by atoms with van der Waals surface area (Å²) in [6.45, 7) is 3.57. The largest absolute Gasteiger partial charge is 0.497 e. The zero-order chi connectivity index (χ0) is 19.8. The van der Waals surface area contributed by atoms with Crippen molar-refractivity contribution in [1.29, 1.82) is 0 Å². The number of piperidine rings is 1. The molecule has 0 aliphatic carbocycles. The number of hydrogen-bond donors (Lipinski definition) is 1. The zero-order valence-corrected chi connectivity index (χ0v) is 16.5. The maximum absolute atomic E-state index is 12.5. The molecule has 152 valence electrons. The first-order chi connectivity index (χ1) is 13.7. The Morgan fingerprint density at radius 2 is 2.07 bits per heavy atom. The van der Waals surface area contributed by atoms with Crippen molar-refractivity contribution in [3.8, 4) is 11.5 Å². The van der Waals surface area contributed by atoms with Gasteiger partial charge in [-0.05, 0) is 37.1 Å². The van der Waals surface area contributed by atoms with Crippen LogP contribution in [0.15, 0.2) is 41.0 Å². The Bertz CT molecular complexity index is 739. The van der Waals surface area contributed by atoms with Gasteiger partial charge in [-0.3, -0.25) is 9.69 Å². The lowest BCUT2D eigenvalue weighted by Gasteiger charge is -2.32. The summed E-state index contributed by atoms with van der Waals surface area (Å²) in [7, 11) is 3.21. The van der Waals surface area contributed by atoms with E-state index in [1.54, 1.807) is 38.7 Å². The van der Waals surface area contributed by atoms with Gasteiger partial charge in [0.15, 0.2) is 0 Å². The molecule has 7 heteroatoms. The first-order valence-corrected chi connectivity index (χ1v) is 9.56. The molecule has 7 nitrogen and oxygen atoms in total. The van der Waals surface area contributed by atoms with Crippen LogP contribution in [-0.2, 0) is 11.3 Å². The summed E-state index contributed by atoms with van der Waals surface area (Å²) in [5.74, 6) is 2.02. The molecule has 1 aliphatic rings. The average molecular weight is 388 g/mol. The summed E-state index contributed by atoms with van der Waals surface area (Å²) in [6, 6.07) is 9.19. The van der Waals surface area contributed by atoms with Crippen molar-refractivity contribution < 1.29 is 23.4 Å². The highest BCUT2D eigenvalue weighted by molar-refractivity contribution is 5.97. The lowest BCUT2D eigenvalue weighted by Crippen LogP contribution is -2.38. The average Bonchev–Trinajstić information content (AvgIpc) is 3.22. The Kier molecular flexibility index (Phi) is 7.33. The first kappa shape index (κ1) is 20.2. The van der Waals surface area contributed by atoms with Crippen LogP contribution in [0.2, 0.25) is 0 Å². The molecular weight excluding hydrogens is 360 g/mol. The summed E-state index contributed by atoms with van der Waals surface area (Å²) in [6.07, 6.45) is 3.55. The van der Waals surface area contributed by atoms with Crippen molar-refractivity contribution in [2.75, 3.05) is 40.5 Å². The number of benzene rings is 1. The molecule has 1 aliphatic heterocycles. The highest BCUT2D eigenvalue weighted by atomic mass is 16.5. The van der Waals surface area contributed by atoms with E-state index in [1.807, 2.05) is 12.1 Å². The van der Waals surface area contributed by atoms with Crippen LogP contribution < -0.4 is 14.8 Å². The molecule has 0 bridgehead atoms. The fourth-order valence-electron chi connectivity index (χ4n) is 3.26. The Morgan fingerprint density at radius 3 is 2.75 bits per heavy atom. The molecule has 2 heterocycles. The first-order valence-electron chi connectivity index (χ1n) is 9.56. The summed E-state index contributed by atoms with van der Waals surface area (Å²) in [5.41, 5.74) is 0.509. The Hall–Kier alpha value is -2.51. The summed E-state index contributed by atoms with van der Waals surface area (Å²) < 4.78 is 21.9. The van der Waals surface area contributed by atoms with Crippen LogP contribution in [0.1, 0.15) is 29.0 Å². The van der Waals surface area contributed by atoms with E-state index in [2.05, 4.69) is 10.2 Å². The fraction of sp³-hybridized carbons (Fsp3) is 0.476. The van der Waals surface area contributed by atoms with Crippen LogP contribution in [0.5, 0.6) is 11.5 Å². The molecule has 0 atom stereocenters. The number of nitrogens with zero attached hydrogens (tertiary/aromatic N) is 1. The predicted molar refractivity (Wildman–Crippen MR) is 105 cm³/mol. The van der Waals surface area contributed by atoms with Gasteiger partial charge in [0, 0.05) is 32.8 Å². The number of hydrogen-bond acceptors (Lipinski definition) is 6. The molecule has 2 aromatic rings. The fourth-order valence-corrected chi connectivity index (χ4v) is 3.26. The topological polar surface area (TPSA) is 73.2 Å². The summed E-state index contributed by atoms with van der Waals surface area (Å²) in [5, 5.41) is 2.84. The molecule has 1 fully saturated rings. The number of carbonyl (C=O) groups is 1. The molecule has 1 aromatic heterocycles. The highest BCUT2D eigenvalue weighted by Crippen LogP contribution is 2.28. The van der Waals surface area contributed by atoms with Crippen LogP contribution in [0.25, 0.3) is 0 Å². The van der Waals surface area contributed by atoms with Crippen molar-refractivity contribution >= 4 is 5.91 Å². The number of ether oxygens (including phenoxy) is 3.